The summed E-state index contributed by atoms with van der Waals surface area (Å²) in [6.45, 7) is 4.94. The van der Waals surface area contributed by atoms with E-state index < -0.39 is 49.2 Å². The van der Waals surface area contributed by atoms with Crippen molar-refractivity contribution in [2.24, 2.45) is 0 Å². The van der Waals surface area contributed by atoms with Crippen LogP contribution in [0.4, 0.5) is 10.5 Å². The molecule has 1 rings (SSSR count). The lowest BCUT2D eigenvalue weighted by Gasteiger charge is -2.26. The summed E-state index contributed by atoms with van der Waals surface area (Å²) in [4.78, 5) is 33.7. The summed E-state index contributed by atoms with van der Waals surface area (Å²) in [5.74, 6) is -0.874. The number of hydrogen-bond donors (Lipinski definition) is 1. The molecule has 11 nitrogen and oxygen atoms in total. The van der Waals surface area contributed by atoms with Crippen molar-refractivity contribution < 1.29 is 32.4 Å². The summed E-state index contributed by atoms with van der Waals surface area (Å²) in [7, 11) is -2.20. The Balaban J connectivity index is 3.05. The zero-order valence-electron chi connectivity index (χ0n) is 16.9. The van der Waals surface area contributed by atoms with Crippen LogP contribution in [0.1, 0.15) is 27.2 Å². The number of sulfonamides is 1. The molecule has 1 N–H and O–H groups in total. The molecule has 29 heavy (non-hydrogen) atoms. The molecular formula is C17H25N3O8S. The van der Waals surface area contributed by atoms with Gasteiger partial charge in [0.25, 0.3) is 5.69 Å². The topological polar surface area (TPSA) is 145 Å². The number of carbonyl (C=O) groups excluding carboxylic acids is 2. The van der Waals surface area contributed by atoms with Crippen molar-refractivity contribution in [3.05, 3.63) is 34.4 Å². The van der Waals surface area contributed by atoms with Crippen LogP contribution in [0.3, 0.4) is 0 Å². The fraction of sp³-hybridized carbons (Fsp3) is 0.529. The Morgan fingerprint density at radius 2 is 1.86 bits per heavy atom. The molecule has 1 amide bonds. The molecule has 0 aliphatic carbocycles. The number of esters is 1. The number of ether oxygens (including phenoxy) is 2. The van der Waals surface area contributed by atoms with E-state index in [4.69, 9.17) is 4.74 Å². The van der Waals surface area contributed by atoms with E-state index in [1.807, 2.05) is 0 Å². The lowest BCUT2D eigenvalue weighted by Crippen LogP contribution is -2.45. The van der Waals surface area contributed by atoms with Crippen LogP contribution in [-0.2, 0) is 24.3 Å². The molecule has 0 aliphatic heterocycles. The van der Waals surface area contributed by atoms with Crippen molar-refractivity contribution in [1.82, 2.24) is 9.62 Å². The Bertz CT molecular complexity index is 864. The van der Waals surface area contributed by atoms with Crippen LogP contribution in [0.5, 0.6) is 0 Å². The number of amides is 1. The van der Waals surface area contributed by atoms with E-state index in [0.717, 1.165) is 26.3 Å². The monoisotopic (exact) mass is 431 g/mol. The normalized spacial score (nSPS) is 12.9. The fourth-order valence-electron chi connectivity index (χ4n) is 2.36. The van der Waals surface area contributed by atoms with Crippen LogP contribution >= 0.6 is 0 Å². The zero-order valence-corrected chi connectivity index (χ0v) is 17.7. The van der Waals surface area contributed by atoms with Crippen LogP contribution in [0.25, 0.3) is 0 Å². The highest BCUT2D eigenvalue weighted by Crippen LogP contribution is 2.27. The maximum absolute atomic E-state index is 12.9. The predicted octanol–water partition coefficient (Wildman–Crippen LogP) is 1.67. The first kappa shape index (κ1) is 24.3. The van der Waals surface area contributed by atoms with Gasteiger partial charge in [0.15, 0.2) is 4.90 Å². The number of benzene rings is 1. The van der Waals surface area contributed by atoms with Crippen LogP contribution < -0.4 is 5.32 Å². The number of nitrogens with zero attached hydrogens (tertiary/aromatic N) is 2. The molecule has 0 radical (unpaired) electrons. The van der Waals surface area contributed by atoms with Crippen molar-refractivity contribution in [1.29, 1.82) is 0 Å². The number of likely N-dealkylation sites (N-methyl/N-ethyl adjacent to an activating group) is 1. The Kier molecular flexibility index (Phi) is 8.09. The number of carbonyl (C=O) groups is 2. The summed E-state index contributed by atoms with van der Waals surface area (Å²) < 4.78 is 36.2. The number of alkyl carbamates (subject to hydrolysis) is 1. The van der Waals surface area contributed by atoms with E-state index in [-0.39, 0.29) is 13.0 Å². The molecule has 1 aromatic carbocycles. The van der Waals surface area contributed by atoms with Crippen molar-refractivity contribution in [2.75, 3.05) is 20.7 Å². The van der Waals surface area contributed by atoms with Crippen molar-refractivity contribution in [3.63, 3.8) is 0 Å². The van der Waals surface area contributed by atoms with Crippen LogP contribution in [0.2, 0.25) is 0 Å². The maximum atomic E-state index is 12.9. The van der Waals surface area contributed by atoms with Gasteiger partial charge in [0.05, 0.1) is 12.0 Å². The van der Waals surface area contributed by atoms with Crippen LogP contribution in [0.15, 0.2) is 29.2 Å². The first-order valence-electron chi connectivity index (χ1n) is 8.57. The van der Waals surface area contributed by atoms with Gasteiger partial charge in [-0.3, -0.25) is 14.9 Å². The molecule has 1 unspecified atom stereocenters. The van der Waals surface area contributed by atoms with Crippen molar-refractivity contribution in [2.45, 2.75) is 43.7 Å². The second-order valence-electron chi connectivity index (χ2n) is 7.00. The van der Waals surface area contributed by atoms with Gasteiger partial charge in [-0.25, -0.2) is 13.2 Å². The molecule has 0 spiro atoms. The molecule has 0 heterocycles. The summed E-state index contributed by atoms with van der Waals surface area (Å²) in [6, 6.07) is 3.49. The first-order chi connectivity index (χ1) is 13.3. The van der Waals surface area contributed by atoms with E-state index >= 15 is 0 Å². The average Bonchev–Trinajstić information content (AvgIpc) is 2.62. The third-order valence-electron chi connectivity index (χ3n) is 3.72. The van der Waals surface area contributed by atoms with Gasteiger partial charge in [-0.1, -0.05) is 12.1 Å². The first-order valence-corrected chi connectivity index (χ1v) is 10.0. The summed E-state index contributed by atoms with van der Waals surface area (Å²) in [6.07, 6.45) is -0.868. The molecule has 1 aromatic rings. The molecule has 1 atom stereocenters. The lowest BCUT2D eigenvalue weighted by atomic mass is 10.2. The Labute approximate surface area is 169 Å². The third-order valence-corrected chi connectivity index (χ3v) is 5.63. The van der Waals surface area contributed by atoms with Gasteiger partial charge in [0, 0.05) is 19.7 Å². The molecular weight excluding hydrogens is 406 g/mol. The predicted molar refractivity (Wildman–Crippen MR) is 103 cm³/mol. The smallest absolute Gasteiger partial charge is 0.407 e. The minimum Gasteiger partial charge on any atom is -0.468 e. The molecule has 0 fully saturated rings. The number of methoxy groups -OCH3 is 1. The highest BCUT2D eigenvalue weighted by Gasteiger charge is 2.37. The van der Waals surface area contributed by atoms with Gasteiger partial charge in [-0.15, -0.1) is 0 Å². The molecule has 162 valence electrons. The molecule has 0 saturated heterocycles. The number of hydrogen-bond acceptors (Lipinski definition) is 8. The molecule has 0 aromatic heterocycles. The Morgan fingerprint density at radius 1 is 1.28 bits per heavy atom. The number of nitrogens with one attached hydrogen (secondary N) is 1. The summed E-state index contributed by atoms with van der Waals surface area (Å²) in [5, 5.41) is 13.6. The van der Waals surface area contributed by atoms with E-state index in [2.05, 4.69) is 10.1 Å². The van der Waals surface area contributed by atoms with Gasteiger partial charge < -0.3 is 14.8 Å². The molecule has 0 aliphatic rings. The highest BCUT2D eigenvalue weighted by atomic mass is 32.2. The largest absolute Gasteiger partial charge is 0.468 e. The van der Waals surface area contributed by atoms with Gasteiger partial charge in [-0.05, 0) is 33.3 Å². The summed E-state index contributed by atoms with van der Waals surface area (Å²) >= 11 is 0. The van der Waals surface area contributed by atoms with E-state index in [1.165, 1.54) is 12.1 Å². The Morgan fingerprint density at radius 3 is 2.38 bits per heavy atom. The van der Waals surface area contributed by atoms with Gasteiger partial charge >= 0.3 is 12.1 Å². The number of para-hydroxylation sites is 1. The zero-order chi connectivity index (χ0) is 22.4. The minimum absolute atomic E-state index is 0.0918. The SMILES string of the molecule is COC(=O)C(CCNC(=O)OC(C)(C)C)N(C)S(=O)(=O)c1ccccc1[N+](=O)[O-]. The molecule has 0 bridgehead atoms. The van der Waals surface area contributed by atoms with Gasteiger partial charge in [0.1, 0.15) is 11.6 Å². The second kappa shape index (κ2) is 9.65. The number of nitro benzene ring substituents is 1. The van der Waals surface area contributed by atoms with Crippen LogP contribution in [-0.4, -0.2) is 62.1 Å². The Hall–Kier alpha value is -2.73. The quantitative estimate of drug-likeness (QED) is 0.372. The van der Waals surface area contributed by atoms with E-state index in [0.29, 0.717) is 4.31 Å². The number of nitro groups is 1. The van der Waals surface area contributed by atoms with Crippen molar-refractivity contribution in [3.8, 4) is 0 Å². The lowest BCUT2D eigenvalue weighted by molar-refractivity contribution is -0.387. The van der Waals surface area contributed by atoms with E-state index in [9.17, 15) is 28.1 Å². The van der Waals surface area contributed by atoms with E-state index in [1.54, 1.807) is 20.8 Å². The molecule has 12 heteroatoms. The number of rotatable bonds is 8. The minimum atomic E-state index is -4.40. The van der Waals surface area contributed by atoms with Crippen LogP contribution in [0, 0.1) is 10.1 Å². The molecule has 0 saturated carbocycles. The highest BCUT2D eigenvalue weighted by molar-refractivity contribution is 7.89. The van der Waals surface area contributed by atoms with Crippen molar-refractivity contribution >= 4 is 27.8 Å². The maximum Gasteiger partial charge on any atom is 0.407 e. The summed E-state index contributed by atoms with van der Waals surface area (Å²) in [5.41, 5.74) is -1.34. The van der Waals surface area contributed by atoms with Gasteiger partial charge in [0.2, 0.25) is 10.0 Å². The second-order valence-corrected chi connectivity index (χ2v) is 8.97. The van der Waals surface area contributed by atoms with Gasteiger partial charge in [-0.2, -0.15) is 4.31 Å². The standard InChI is InChI=1S/C17H25N3O8S/c1-17(2,3)28-16(22)18-11-10-13(15(21)27-5)19(4)29(25,26)14-9-7-6-8-12(14)20(23)24/h6-9,13H,10-11H2,1-5H3,(H,18,22). The fourth-order valence-corrected chi connectivity index (χ4v) is 3.85. The average molecular weight is 431 g/mol. The third kappa shape index (κ3) is 6.68.